The SMILES string of the molecule is Cc1cc(=O)oc2cc(OCC(=O)/C=C3\N(C)c4ccccc4C3(C)C)ccc12. The molecule has 0 N–H and O–H groups in total. The van der Waals surface area contributed by atoms with Gasteiger partial charge in [-0.2, -0.15) is 0 Å². The van der Waals surface area contributed by atoms with Crippen LogP contribution in [0, 0.1) is 6.92 Å². The second-order valence-electron chi connectivity index (χ2n) is 7.89. The van der Waals surface area contributed by atoms with E-state index in [1.165, 1.54) is 11.6 Å². The zero-order chi connectivity index (χ0) is 20.8. The molecule has 1 aliphatic rings. The van der Waals surface area contributed by atoms with Crippen molar-refractivity contribution in [1.29, 1.82) is 0 Å². The largest absolute Gasteiger partial charge is 0.485 e. The van der Waals surface area contributed by atoms with E-state index in [-0.39, 0.29) is 17.8 Å². The van der Waals surface area contributed by atoms with Gasteiger partial charge in [0.1, 0.15) is 11.3 Å². The number of ketones is 1. The van der Waals surface area contributed by atoms with Crippen LogP contribution < -0.4 is 15.3 Å². The molecule has 0 fully saturated rings. The summed E-state index contributed by atoms with van der Waals surface area (Å²) in [6, 6.07) is 14.9. The quantitative estimate of drug-likeness (QED) is 0.490. The van der Waals surface area contributed by atoms with E-state index < -0.39 is 5.63 Å². The second-order valence-corrected chi connectivity index (χ2v) is 7.89. The van der Waals surface area contributed by atoms with E-state index >= 15 is 0 Å². The highest BCUT2D eigenvalue weighted by molar-refractivity contribution is 5.93. The summed E-state index contributed by atoms with van der Waals surface area (Å²) in [6.45, 7) is 5.99. The second kappa shape index (κ2) is 6.92. The summed E-state index contributed by atoms with van der Waals surface area (Å²) in [4.78, 5) is 26.3. The molecular weight excluding hydrogens is 366 g/mol. The Morgan fingerprint density at radius 1 is 1.17 bits per heavy atom. The highest BCUT2D eigenvalue weighted by Crippen LogP contribution is 2.46. The number of nitrogens with zero attached hydrogens (tertiary/aromatic N) is 1. The van der Waals surface area contributed by atoms with Crippen LogP contribution in [0.1, 0.15) is 25.0 Å². The van der Waals surface area contributed by atoms with E-state index in [4.69, 9.17) is 9.15 Å². The highest BCUT2D eigenvalue weighted by Gasteiger charge is 2.38. The maximum atomic E-state index is 12.6. The number of hydrogen-bond acceptors (Lipinski definition) is 5. The van der Waals surface area contributed by atoms with Crippen molar-refractivity contribution < 1.29 is 13.9 Å². The van der Waals surface area contributed by atoms with Crippen molar-refractivity contribution >= 4 is 22.4 Å². The average molecular weight is 389 g/mol. The summed E-state index contributed by atoms with van der Waals surface area (Å²) in [5.41, 5.74) is 3.87. The van der Waals surface area contributed by atoms with Crippen LogP contribution in [-0.4, -0.2) is 19.4 Å². The first-order valence-electron chi connectivity index (χ1n) is 9.53. The molecule has 0 spiro atoms. The molecule has 0 unspecified atom stereocenters. The van der Waals surface area contributed by atoms with Crippen molar-refractivity contribution in [3.63, 3.8) is 0 Å². The van der Waals surface area contributed by atoms with E-state index in [0.717, 1.165) is 22.3 Å². The van der Waals surface area contributed by atoms with Gasteiger partial charge in [0.15, 0.2) is 12.4 Å². The Hall–Kier alpha value is -3.34. The number of benzene rings is 2. The monoisotopic (exact) mass is 389 g/mol. The fourth-order valence-electron chi connectivity index (χ4n) is 4.00. The summed E-state index contributed by atoms with van der Waals surface area (Å²) < 4.78 is 10.9. The smallest absolute Gasteiger partial charge is 0.336 e. The number of carbonyl (C=O) groups excluding carboxylic acids is 1. The first-order chi connectivity index (χ1) is 13.8. The minimum Gasteiger partial charge on any atom is -0.485 e. The molecule has 5 nitrogen and oxygen atoms in total. The van der Waals surface area contributed by atoms with Gasteiger partial charge in [0.25, 0.3) is 0 Å². The van der Waals surface area contributed by atoms with Gasteiger partial charge in [0.05, 0.1) is 0 Å². The first kappa shape index (κ1) is 19.0. The third-order valence-electron chi connectivity index (χ3n) is 5.54. The number of ether oxygens (including phenoxy) is 1. The van der Waals surface area contributed by atoms with E-state index in [0.29, 0.717) is 11.3 Å². The standard InChI is InChI=1S/C24H23NO4/c1-15-11-23(27)29-21-13-17(9-10-18(15)21)28-14-16(26)12-22-24(2,3)19-7-5-6-8-20(19)25(22)4/h5-13H,14H2,1-4H3/b22-12-. The number of rotatable bonds is 4. The molecule has 29 heavy (non-hydrogen) atoms. The summed E-state index contributed by atoms with van der Waals surface area (Å²) in [5, 5.41) is 0.845. The lowest BCUT2D eigenvalue weighted by molar-refractivity contribution is -0.116. The van der Waals surface area contributed by atoms with Crippen LogP contribution in [0.4, 0.5) is 5.69 Å². The van der Waals surface area contributed by atoms with Crippen molar-refractivity contribution in [3.8, 4) is 5.75 Å². The minimum atomic E-state index is -0.404. The van der Waals surface area contributed by atoms with Crippen LogP contribution in [0.25, 0.3) is 11.0 Å². The summed E-state index contributed by atoms with van der Waals surface area (Å²) in [6.07, 6.45) is 1.66. The molecule has 0 aliphatic carbocycles. The van der Waals surface area contributed by atoms with Gasteiger partial charge in [0, 0.05) is 47.4 Å². The normalized spacial score (nSPS) is 16.3. The lowest BCUT2D eigenvalue weighted by atomic mass is 9.83. The Morgan fingerprint density at radius 3 is 2.69 bits per heavy atom. The molecule has 0 amide bonds. The Balaban J connectivity index is 1.54. The third-order valence-corrected chi connectivity index (χ3v) is 5.54. The molecule has 2 heterocycles. The molecular formula is C24H23NO4. The van der Waals surface area contributed by atoms with Gasteiger partial charge < -0.3 is 14.1 Å². The Bertz CT molecular complexity index is 1200. The maximum absolute atomic E-state index is 12.6. The third kappa shape index (κ3) is 3.33. The van der Waals surface area contributed by atoms with Gasteiger partial charge in [-0.3, -0.25) is 4.79 Å². The van der Waals surface area contributed by atoms with E-state index in [1.807, 2.05) is 32.2 Å². The molecule has 0 saturated heterocycles. The van der Waals surface area contributed by atoms with Crippen molar-refractivity contribution in [1.82, 2.24) is 0 Å². The lowest BCUT2D eigenvalue weighted by Crippen LogP contribution is -2.25. The van der Waals surface area contributed by atoms with Gasteiger partial charge in [-0.25, -0.2) is 4.79 Å². The summed E-state index contributed by atoms with van der Waals surface area (Å²) in [5.74, 6) is 0.360. The van der Waals surface area contributed by atoms with E-state index in [1.54, 1.807) is 18.2 Å². The number of anilines is 1. The summed E-state index contributed by atoms with van der Waals surface area (Å²) in [7, 11) is 1.97. The van der Waals surface area contributed by atoms with Crippen molar-refractivity contribution in [2.45, 2.75) is 26.2 Å². The zero-order valence-corrected chi connectivity index (χ0v) is 17.0. The number of carbonyl (C=O) groups is 1. The average Bonchev–Trinajstić information content (AvgIpc) is 2.87. The molecule has 0 saturated carbocycles. The van der Waals surface area contributed by atoms with Crippen LogP contribution in [0.5, 0.6) is 5.75 Å². The van der Waals surface area contributed by atoms with Gasteiger partial charge >= 0.3 is 5.63 Å². The maximum Gasteiger partial charge on any atom is 0.336 e. The molecule has 148 valence electrons. The van der Waals surface area contributed by atoms with Crippen LogP contribution in [-0.2, 0) is 10.2 Å². The number of para-hydroxylation sites is 1. The van der Waals surface area contributed by atoms with Crippen LogP contribution in [0.2, 0.25) is 0 Å². The fraction of sp³-hybridized carbons (Fsp3) is 0.250. The molecule has 5 heteroatoms. The molecule has 1 aromatic heterocycles. The van der Waals surface area contributed by atoms with E-state index in [2.05, 4.69) is 30.9 Å². The first-order valence-corrected chi connectivity index (χ1v) is 9.53. The molecule has 0 bridgehead atoms. The van der Waals surface area contributed by atoms with Gasteiger partial charge in [-0.15, -0.1) is 0 Å². The topological polar surface area (TPSA) is 59.8 Å². The molecule has 2 aromatic carbocycles. The van der Waals surface area contributed by atoms with Crippen molar-refractivity contribution in [2.75, 3.05) is 18.6 Å². The van der Waals surface area contributed by atoms with Gasteiger partial charge in [0.2, 0.25) is 0 Å². The van der Waals surface area contributed by atoms with Crippen molar-refractivity contribution in [3.05, 3.63) is 81.9 Å². The van der Waals surface area contributed by atoms with Crippen LogP contribution >= 0.6 is 0 Å². The molecule has 3 aromatic rings. The van der Waals surface area contributed by atoms with Gasteiger partial charge in [-0.1, -0.05) is 32.0 Å². The van der Waals surface area contributed by atoms with Gasteiger partial charge in [-0.05, 0) is 36.2 Å². The summed E-state index contributed by atoms with van der Waals surface area (Å²) >= 11 is 0. The number of hydrogen-bond donors (Lipinski definition) is 0. The minimum absolute atomic E-state index is 0.0919. The van der Waals surface area contributed by atoms with Crippen LogP contribution in [0.3, 0.4) is 0 Å². The fourth-order valence-corrected chi connectivity index (χ4v) is 4.00. The molecule has 4 rings (SSSR count). The van der Waals surface area contributed by atoms with Crippen molar-refractivity contribution in [2.24, 2.45) is 0 Å². The molecule has 1 aliphatic heterocycles. The van der Waals surface area contributed by atoms with Crippen LogP contribution in [0.15, 0.2) is 69.5 Å². The van der Waals surface area contributed by atoms with E-state index in [9.17, 15) is 9.59 Å². The molecule has 0 atom stereocenters. The Labute approximate surface area is 169 Å². The number of likely N-dealkylation sites (N-methyl/N-ethyl adjacent to an activating group) is 1. The number of aryl methyl sites for hydroxylation is 1. The predicted molar refractivity (Wildman–Crippen MR) is 114 cm³/mol. The predicted octanol–water partition coefficient (Wildman–Crippen LogP) is 4.36. The Kier molecular flexibility index (Phi) is 4.53. The molecule has 0 radical (unpaired) electrons. The number of allylic oxidation sites excluding steroid dienone is 1. The highest BCUT2D eigenvalue weighted by atomic mass is 16.5. The Morgan fingerprint density at radius 2 is 1.93 bits per heavy atom. The number of fused-ring (bicyclic) bond motifs is 2. The zero-order valence-electron chi connectivity index (χ0n) is 17.0. The lowest BCUT2D eigenvalue weighted by Gasteiger charge is -2.23.